The molecule has 0 aliphatic rings. The lowest BCUT2D eigenvalue weighted by atomic mass is 10.1. The summed E-state index contributed by atoms with van der Waals surface area (Å²) in [4.78, 5) is 23.4. The molecule has 0 aromatic heterocycles. The van der Waals surface area contributed by atoms with Crippen LogP contribution in [0.1, 0.15) is 27.7 Å². The number of esters is 1. The average Bonchev–Trinajstić information content (AvgIpc) is 2.49. The Balaban J connectivity index is 2.80. The van der Waals surface area contributed by atoms with Gasteiger partial charge in [-0.1, -0.05) is 0 Å². The Hall–Kier alpha value is -2.04. The van der Waals surface area contributed by atoms with Gasteiger partial charge in [-0.15, -0.1) is 0 Å². The number of halogens is 1. The first-order valence-corrected chi connectivity index (χ1v) is 9.24. The highest BCUT2D eigenvalue weighted by Gasteiger charge is 2.31. The number of aliphatic hydroxyl groups excluding tert-OH is 1. The number of rotatable bonds is 7. The summed E-state index contributed by atoms with van der Waals surface area (Å²) < 4.78 is 44.2. The van der Waals surface area contributed by atoms with Gasteiger partial charge in [0.2, 0.25) is 10.0 Å². The van der Waals surface area contributed by atoms with Gasteiger partial charge in [0, 0.05) is 5.54 Å². The van der Waals surface area contributed by atoms with Gasteiger partial charge in [-0.05, 0) is 52.0 Å². The van der Waals surface area contributed by atoms with E-state index in [9.17, 15) is 27.5 Å². The second-order valence-corrected chi connectivity index (χ2v) is 8.41. The maximum absolute atomic E-state index is 12.9. The van der Waals surface area contributed by atoms with Gasteiger partial charge in [0.15, 0.2) is 6.61 Å². The molecule has 1 amide bonds. The summed E-state index contributed by atoms with van der Waals surface area (Å²) in [6.45, 7) is 5.78. The molecule has 10 heteroatoms. The molecule has 1 aromatic carbocycles. The van der Waals surface area contributed by atoms with Gasteiger partial charge in [-0.2, -0.15) is 4.72 Å². The zero-order valence-electron chi connectivity index (χ0n) is 14.9. The van der Waals surface area contributed by atoms with Crippen molar-refractivity contribution in [3.05, 3.63) is 30.1 Å². The maximum Gasteiger partial charge on any atom is 0.327 e. The van der Waals surface area contributed by atoms with Crippen LogP contribution in [0.2, 0.25) is 0 Å². The van der Waals surface area contributed by atoms with Crippen LogP contribution in [0.3, 0.4) is 0 Å². The number of hydrogen-bond acceptors (Lipinski definition) is 6. The Kier molecular flexibility index (Phi) is 7.25. The molecule has 0 fully saturated rings. The first-order chi connectivity index (χ1) is 11.8. The Morgan fingerprint density at radius 1 is 1.23 bits per heavy atom. The summed E-state index contributed by atoms with van der Waals surface area (Å²) >= 11 is 0. The van der Waals surface area contributed by atoms with Crippen LogP contribution >= 0.6 is 0 Å². The van der Waals surface area contributed by atoms with Gasteiger partial charge in [-0.3, -0.25) is 9.59 Å². The molecule has 146 valence electrons. The summed E-state index contributed by atoms with van der Waals surface area (Å²) in [5.74, 6) is -2.31. The molecular weight excluding hydrogens is 367 g/mol. The van der Waals surface area contributed by atoms with Gasteiger partial charge in [0.1, 0.15) is 11.9 Å². The van der Waals surface area contributed by atoms with E-state index >= 15 is 0 Å². The Morgan fingerprint density at radius 2 is 1.77 bits per heavy atom. The van der Waals surface area contributed by atoms with E-state index in [0.717, 1.165) is 24.3 Å². The number of carbonyl (C=O) groups excluding carboxylic acids is 2. The maximum atomic E-state index is 12.9. The first-order valence-electron chi connectivity index (χ1n) is 7.75. The highest BCUT2D eigenvalue weighted by Crippen LogP contribution is 2.12. The summed E-state index contributed by atoms with van der Waals surface area (Å²) in [6.07, 6.45) is -1.43. The third-order valence-electron chi connectivity index (χ3n) is 3.00. The van der Waals surface area contributed by atoms with Crippen molar-refractivity contribution in [2.24, 2.45) is 0 Å². The molecule has 0 saturated heterocycles. The van der Waals surface area contributed by atoms with Crippen LogP contribution in [0.15, 0.2) is 29.2 Å². The molecule has 1 rings (SSSR count). The third kappa shape index (κ3) is 7.06. The molecule has 0 saturated carbocycles. The fourth-order valence-electron chi connectivity index (χ4n) is 1.87. The molecule has 1 aromatic rings. The number of amides is 1. The number of benzene rings is 1. The van der Waals surface area contributed by atoms with Crippen LogP contribution < -0.4 is 10.0 Å². The fraction of sp³-hybridized carbons (Fsp3) is 0.500. The van der Waals surface area contributed by atoms with Crippen molar-refractivity contribution in [1.82, 2.24) is 10.0 Å². The van der Waals surface area contributed by atoms with E-state index in [4.69, 9.17) is 4.74 Å². The van der Waals surface area contributed by atoms with Crippen LogP contribution in [0.25, 0.3) is 0 Å². The average molecular weight is 390 g/mol. The van der Waals surface area contributed by atoms with E-state index in [1.807, 2.05) is 4.72 Å². The largest absolute Gasteiger partial charge is 0.454 e. The molecule has 0 radical (unpaired) electrons. The molecule has 0 unspecified atom stereocenters. The number of carbonyl (C=O) groups is 2. The minimum absolute atomic E-state index is 0.289. The standard InChI is InChI=1S/C16H23FN2O6S/c1-10(20)14(15(22)25-9-13(21)18-16(2,3)4)19-26(23,24)12-7-5-11(17)6-8-12/h5-8,10,14,19-20H,9H2,1-4H3,(H,18,21)/t10-,14-/m0/s1. The van der Waals surface area contributed by atoms with Gasteiger partial charge in [0.25, 0.3) is 5.91 Å². The van der Waals surface area contributed by atoms with Crippen LogP contribution in [0, 0.1) is 5.82 Å². The highest BCUT2D eigenvalue weighted by atomic mass is 32.2. The fourth-order valence-corrected chi connectivity index (χ4v) is 3.13. The molecule has 26 heavy (non-hydrogen) atoms. The van der Waals surface area contributed by atoms with Gasteiger partial charge in [-0.25, -0.2) is 12.8 Å². The van der Waals surface area contributed by atoms with Crippen molar-refractivity contribution in [2.75, 3.05) is 6.61 Å². The van der Waals surface area contributed by atoms with Crippen molar-refractivity contribution in [3.8, 4) is 0 Å². The van der Waals surface area contributed by atoms with E-state index in [2.05, 4.69) is 5.32 Å². The minimum Gasteiger partial charge on any atom is -0.454 e. The van der Waals surface area contributed by atoms with Crippen molar-refractivity contribution in [1.29, 1.82) is 0 Å². The lowest BCUT2D eigenvalue weighted by Crippen LogP contribution is -2.49. The highest BCUT2D eigenvalue weighted by molar-refractivity contribution is 7.89. The molecule has 0 aliphatic carbocycles. The molecular formula is C16H23FN2O6S. The van der Waals surface area contributed by atoms with Gasteiger partial charge in [0.05, 0.1) is 11.0 Å². The second kappa shape index (κ2) is 8.56. The summed E-state index contributed by atoms with van der Waals surface area (Å²) in [5.41, 5.74) is -0.530. The molecule has 0 spiro atoms. The van der Waals surface area contributed by atoms with Crippen LogP contribution in [0.5, 0.6) is 0 Å². The van der Waals surface area contributed by atoms with E-state index in [1.54, 1.807) is 20.8 Å². The predicted molar refractivity (Wildman–Crippen MR) is 91.0 cm³/mol. The monoisotopic (exact) mass is 390 g/mol. The third-order valence-corrected chi connectivity index (χ3v) is 4.46. The SMILES string of the molecule is C[C@H](O)[C@H](NS(=O)(=O)c1ccc(F)cc1)C(=O)OCC(=O)NC(C)(C)C. The van der Waals surface area contributed by atoms with E-state index < -0.39 is 52.0 Å². The van der Waals surface area contributed by atoms with Crippen LogP contribution in [-0.4, -0.2) is 49.7 Å². The zero-order valence-corrected chi connectivity index (χ0v) is 15.8. The number of hydrogen-bond donors (Lipinski definition) is 3. The summed E-state index contributed by atoms with van der Waals surface area (Å²) in [6, 6.07) is 2.28. The van der Waals surface area contributed by atoms with Crippen molar-refractivity contribution in [2.45, 2.75) is 50.3 Å². The van der Waals surface area contributed by atoms with Crippen molar-refractivity contribution < 1.29 is 32.2 Å². The Labute approximate surface area is 151 Å². The zero-order chi connectivity index (χ0) is 20.1. The molecule has 3 N–H and O–H groups in total. The number of nitrogens with one attached hydrogen (secondary N) is 2. The summed E-state index contributed by atoms with van der Waals surface area (Å²) in [5, 5.41) is 12.3. The molecule has 0 heterocycles. The van der Waals surface area contributed by atoms with Crippen LogP contribution in [-0.2, 0) is 24.3 Å². The lowest BCUT2D eigenvalue weighted by molar-refractivity contribution is -0.152. The lowest BCUT2D eigenvalue weighted by Gasteiger charge is -2.22. The smallest absolute Gasteiger partial charge is 0.327 e. The molecule has 0 bridgehead atoms. The Bertz CT molecular complexity index is 741. The topological polar surface area (TPSA) is 122 Å². The number of aliphatic hydroxyl groups is 1. The van der Waals surface area contributed by atoms with E-state index in [1.165, 1.54) is 6.92 Å². The van der Waals surface area contributed by atoms with Crippen molar-refractivity contribution >= 4 is 21.9 Å². The quantitative estimate of drug-likeness (QED) is 0.576. The predicted octanol–water partition coefficient (Wildman–Crippen LogP) is 0.311. The first kappa shape index (κ1) is 22.0. The van der Waals surface area contributed by atoms with E-state index in [-0.39, 0.29) is 4.90 Å². The van der Waals surface area contributed by atoms with E-state index in [0.29, 0.717) is 0 Å². The normalized spacial score (nSPS) is 14.4. The van der Waals surface area contributed by atoms with Crippen LogP contribution in [0.4, 0.5) is 4.39 Å². The second-order valence-electron chi connectivity index (χ2n) is 6.70. The number of sulfonamides is 1. The summed E-state index contributed by atoms with van der Waals surface area (Å²) in [7, 11) is -4.21. The van der Waals surface area contributed by atoms with Crippen molar-refractivity contribution in [3.63, 3.8) is 0 Å². The number of ether oxygens (including phenoxy) is 1. The molecule has 0 aliphatic heterocycles. The van der Waals surface area contributed by atoms with Gasteiger partial charge < -0.3 is 15.2 Å². The minimum atomic E-state index is -4.21. The molecule has 8 nitrogen and oxygen atoms in total. The molecule has 2 atom stereocenters. The van der Waals surface area contributed by atoms with Gasteiger partial charge >= 0.3 is 5.97 Å². The Morgan fingerprint density at radius 3 is 2.23 bits per heavy atom.